The molecule has 4 heteroatoms. The predicted octanol–water partition coefficient (Wildman–Crippen LogP) is 1.80. The highest BCUT2D eigenvalue weighted by Crippen LogP contribution is 2.30. The van der Waals surface area contributed by atoms with E-state index in [0.717, 1.165) is 29.9 Å². The first-order valence-corrected chi connectivity index (χ1v) is 6.34. The normalized spacial score (nSPS) is 18.1. The monoisotopic (exact) mass is 242 g/mol. The molecule has 2 heterocycles. The molecular weight excluding hydrogens is 224 g/mol. The molecule has 2 aromatic rings. The van der Waals surface area contributed by atoms with Crippen molar-refractivity contribution in [2.24, 2.45) is 11.7 Å². The summed E-state index contributed by atoms with van der Waals surface area (Å²) in [5.41, 5.74) is 8.09. The van der Waals surface area contributed by atoms with Gasteiger partial charge in [0, 0.05) is 13.1 Å². The summed E-state index contributed by atoms with van der Waals surface area (Å²) in [5.74, 6) is 1.41. The van der Waals surface area contributed by atoms with Crippen LogP contribution in [-0.4, -0.2) is 28.6 Å². The molecule has 18 heavy (non-hydrogen) atoms. The molecule has 0 bridgehead atoms. The number of fused-ring (bicyclic) bond motifs is 1. The van der Waals surface area contributed by atoms with E-state index in [-0.39, 0.29) is 5.54 Å². The lowest BCUT2D eigenvalue weighted by Crippen LogP contribution is -2.70. The van der Waals surface area contributed by atoms with E-state index in [4.69, 9.17) is 5.73 Å². The fraction of sp³-hybridized carbons (Fsp3) is 0.429. The Hall–Kier alpha value is -1.68. The summed E-state index contributed by atoms with van der Waals surface area (Å²) < 4.78 is 0. The molecule has 0 amide bonds. The van der Waals surface area contributed by atoms with Crippen LogP contribution in [0.15, 0.2) is 30.5 Å². The number of rotatable bonds is 2. The minimum absolute atomic E-state index is 0.0761. The van der Waals surface area contributed by atoms with Gasteiger partial charge in [-0.3, -0.25) is 4.98 Å². The zero-order valence-electron chi connectivity index (χ0n) is 10.8. The fourth-order valence-electron chi connectivity index (χ4n) is 2.29. The summed E-state index contributed by atoms with van der Waals surface area (Å²) in [4.78, 5) is 11.3. The van der Waals surface area contributed by atoms with Crippen LogP contribution in [0.2, 0.25) is 0 Å². The number of nitrogens with two attached hydrogens (primary N) is 1. The molecule has 1 aromatic carbocycles. The average Bonchev–Trinajstić information content (AvgIpc) is 2.34. The third-order valence-corrected chi connectivity index (χ3v) is 3.88. The first-order chi connectivity index (χ1) is 8.58. The maximum atomic E-state index is 6.30. The summed E-state index contributed by atoms with van der Waals surface area (Å²) in [6.45, 7) is 6.06. The molecule has 4 nitrogen and oxygen atoms in total. The van der Waals surface area contributed by atoms with Gasteiger partial charge < -0.3 is 10.6 Å². The Morgan fingerprint density at radius 3 is 2.56 bits per heavy atom. The molecular formula is C14H18N4. The SMILES string of the molecule is CC(C)C1(N)CN(c2cnc3ccccc3n2)C1. The summed E-state index contributed by atoms with van der Waals surface area (Å²) in [5, 5.41) is 0. The average molecular weight is 242 g/mol. The van der Waals surface area contributed by atoms with Gasteiger partial charge in [0.2, 0.25) is 0 Å². The first kappa shape index (κ1) is 11.4. The van der Waals surface area contributed by atoms with Crippen LogP contribution in [0.25, 0.3) is 11.0 Å². The molecule has 1 aromatic heterocycles. The third-order valence-electron chi connectivity index (χ3n) is 3.88. The largest absolute Gasteiger partial charge is 0.351 e. The molecule has 1 aliphatic rings. The Bertz CT molecular complexity index is 573. The molecule has 0 unspecified atom stereocenters. The molecule has 0 atom stereocenters. The van der Waals surface area contributed by atoms with Gasteiger partial charge in [0.25, 0.3) is 0 Å². The second kappa shape index (κ2) is 3.92. The standard InChI is InChI=1S/C14H18N4/c1-10(2)14(15)8-18(9-14)13-7-16-11-5-3-4-6-12(11)17-13/h3-7,10H,8-9,15H2,1-2H3. The van der Waals surface area contributed by atoms with Crippen LogP contribution in [0, 0.1) is 5.92 Å². The van der Waals surface area contributed by atoms with Crippen molar-refractivity contribution in [1.29, 1.82) is 0 Å². The lowest BCUT2D eigenvalue weighted by atomic mass is 9.80. The maximum Gasteiger partial charge on any atom is 0.147 e. The number of aromatic nitrogens is 2. The van der Waals surface area contributed by atoms with Crippen molar-refractivity contribution in [2.45, 2.75) is 19.4 Å². The van der Waals surface area contributed by atoms with Gasteiger partial charge in [-0.05, 0) is 18.1 Å². The van der Waals surface area contributed by atoms with Crippen LogP contribution in [0.4, 0.5) is 5.82 Å². The molecule has 1 saturated heterocycles. The van der Waals surface area contributed by atoms with Crippen LogP contribution in [0.5, 0.6) is 0 Å². The van der Waals surface area contributed by atoms with Crippen LogP contribution < -0.4 is 10.6 Å². The van der Waals surface area contributed by atoms with Gasteiger partial charge in [-0.25, -0.2) is 4.98 Å². The smallest absolute Gasteiger partial charge is 0.147 e. The molecule has 1 aliphatic heterocycles. The number of hydrogen-bond acceptors (Lipinski definition) is 4. The highest BCUT2D eigenvalue weighted by molar-refractivity contribution is 5.75. The molecule has 3 rings (SSSR count). The molecule has 1 fully saturated rings. The number of hydrogen-bond donors (Lipinski definition) is 1. The summed E-state index contributed by atoms with van der Waals surface area (Å²) in [7, 11) is 0. The number of para-hydroxylation sites is 2. The predicted molar refractivity (Wildman–Crippen MR) is 73.5 cm³/mol. The van der Waals surface area contributed by atoms with Gasteiger partial charge in [-0.2, -0.15) is 0 Å². The molecule has 94 valence electrons. The van der Waals surface area contributed by atoms with Crippen LogP contribution in [0.3, 0.4) is 0 Å². The molecule has 2 N–H and O–H groups in total. The number of benzene rings is 1. The Kier molecular flexibility index (Phi) is 2.48. The van der Waals surface area contributed by atoms with E-state index in [0.29, 0.717) is 5.92 Å². The van der Waals surface area contributed by atoms with Crippen molar-refractivity contribution in [3.8, 4) is 0 Å². The van der Waals surface area contributed by atoms with E-state index in [1.165, 1.54) is 0 Å². The highest BCUT2D eigenvalue weighted by atomic mass is 15.3. The maximum absolute atomic E-state index is 6.30. The van der Waals surface area contributed by atoms with Gasteiger partial charge in [0.1, 0.15) is 5.82 Å². The first-order valence-electron chi connectivity index (χ1n) is 6.34. The minimum atomic E-state index is -0.0761. The third kappa shape index (κ3) is 1.73. The Morgan fingerprint density at radius 1 is 1.22 bits per heavy atom. The Balaban J connectivity index is 1.85. The topological polar surface area (TPSA) is 55.0 Å². The van der Waals surface area contributed by atoms with Crippen molar-refractivity contribution in [2.75, 3.05) is 18.0 Å². The van der Waals surface area contributed by atoms with Crippen molar-refractivity contribution >= 4 is 16.9 Å². The van der Waals surface area contributed by atoms with E-state index in [1.54, 1.807) is 0 Å². The van der Waals surface area contributed by atoms with Crippen LogP contribution in [0.1, 0.15) is 13.8 Å². The van der Waals surface area contributed by atoms with Gasteiger partial charge in [-0.15, -0.1) is 0 Å². The van der Waals surface area contributed by atoms with E-state index in [2.05, 4.69) is 28.7 Å². The zero-order valence-corrected chi connectivity index (χ0v) is 10.8. The summed E-state index contributed by atoms with van der Waals surface area (Å²) >= 11 is 0. The van der Waals surface area contributed by atoms with Crippen molar-refractivity contribution in [3.63, 3.8) is 0 Å². The summed E-state index contributed by atoms with van der Waals surface area (Å²) in [6.07, 6.45) is 1.84. The van der Waals surface area contributed by atoms with Gasteiger partial charge >= 0.3 is 0 Å². The summed E-state index contributed by atoms with van der Waals surface area (Å²) in [6, 6.07) is 7.93. The molecule has 0 aliphatic carbocycles. The number of nitrogens with zero attached hydrogens (tertiary/aromatic N) is 3. The quantitative estimate of drug-likeness (QED) is 0.872. The molecule has 0 radical (unpaired) electrons. The molecule has 0 saturated carbocycles. The Morgan fingerprint density at radius 2 is 1.89 bits per heavy atom. The van der Waals surface area contributed by atoms with Gasteiger partial charge in [0.05, 0.1) is 22.8 Å². The van der Waals surface area contributed by atoms with Gasteiger partial charge in [0.15, 0.2) is 0 Å². The van der Waals surface area contributed by atoms with E-state index in [9.17, 15) is 0 Å². The van der Waals surface area contributed by atoms with E-state index >= 15 is 0 Å². The Labute approximate surface area is 107 Å². The lowest BCUT2D eigenvalue weighted by molar-refractivity contribution is 0.243. The van der Waals surface area contributed by atoms with Crippen molar-refractivity contribution in [3.05, 3.63) is 30.5 Å². The van der Waals surface area contributed by atoms with E-state index < -0.39 is 0 Å². The second-order valence-electron chi connectivity index (χ2n) is 5.46. The van der Waals surface area contributed by atoms with Crippen LogP contribution >= 0.6 is 0 Å². The zero-order chi connectivity index (χ0) is 12.8. The lowest BCUT2D eigenvalue weighted by Gasteiger charge is -2.50. The van der Waals surface area contributed by atoms with Gasteiger partial charge in [-0.1, -0.05) is 26.0 Å². The minimum Gasteiger partial charge on any atom is -0.351 e. The number of anilines is 1. The van der Waals surface area contributed by atoms with E-state index in [1.807, 2.05) is 30.5 Å². The fourth-order valence-corrected chi connectivity index (χ4v) is 2.29. The van der Waals surface area contributed by atoms with Crippen LogP contribution in [-0.2, 0) is 0 Å². The van der Waals surface area contributed by atoms with Crippen molar-refractivity contribution in [1.82, 2.24) is 9.97 Å². The van der Waals surface area contributed by atoms with Crippen molar-refractivity contribution < 1.29 is 0 Å². The molecule has 0 spiro atoms. The highest BCUT2D eigenvalue weighted by Gasteiger charge is 2.42. The second-order valence-corrected chi connectivity index (χ2v) is 5.46.